The van der Waals surface area contributed by atoms with E-state index >= 15 is 0 Å². The van der Waals surface area contributed by atoms with E-state index in [0.717, 1.165) is 5.69 Å². The predicted molar refractivity (Wildman–Crippen MR) is 115 cm³/mol. The zero-order valence-electron chi connectivity index (χ0n) is 16.7. The number of aliphatic imine (C=N–C) groups is 2. The van der Waals surface area contributed by atoms with Crippen LogP contribution in [0.4, 0.5) is 5.69 Å². The van der Waals surface area contributed by atoms with E-state index in [2.05, 4.69) is 31.7 Å². The number of ether oxygens (including phenoxy) is 1. The molecule has 0 radical (unpaired) electrons. The first-order chi connectivity index (χ1) is 14.5. The van der Waals surface area contributed by atoms with E-state index < -0.39 is 0 Å². The Kier molecular flexibility index (Phi) is 6.38. The van der Waals surface area contributed by atoms with Crippen LogP contribution in [0, 0.1) is 0 Å². The first-order valence-corrected chi connectivity index (χ1v) is 9.08. The van der Waals surface area contributed by atoms with E-state index in [1.807, 2.05) is 44.3 Å². The van der Waals surface area contributed by atoms with Crippen molar-refractivity contribution in [3.8, 4) is 17.3 Å². The van der Waals surface area contributed by atoms with E-state index in [4.69, 9.17) is 20.7 Å². The van der Waals surface area contributed by atoms with Gasteiger partial charge in [-0.3, -0.25) is 0 Å². The molecule has 1 aromatic carbocycles. The van der Waals surface area contributed by atoms with Gasteiger partial charge in [-0.1, -0.05) is 29.9 Å². The van der Waals surface area contributed by atoms with Crippen molar-refractivity contribution in [3.05, 3.63) is 66.9 Å². The van der Waals surface area contributed by atoms with Crippen molar-refractivity contribution < 1.29 is 9.26 Å². The van der Waals surface area contributed by atoms with Crippen LogP contribution < -0.4 is 21.1 Å². The molecule has 0 aliphatic rings. The second-order valence-corrected chi connectivity index (χ2v) is 5.99. The van der Waals surface area contributed by atoms with Crippen molar-refractivity contribution in [2.24, 2.45) is 21.5 Å². The third kappa shape index (κ3) is 4.79. The highest BCUT2D eigenvalue weighted by Crippen LogP contribution is 2.26. The largest absolute Gasteiger partial charge is 0.477 e. The third-order valence-electron chi connectivity index (χ3n) is 3.95. The van der Waals surface area contributed by atoms with Crippen LogP contribution in [-0.2, 0) is 0 Å². The summed E-state index contributed by atoms with van der Waals surface area (Å²) in [5.41, 5.74) is 13.3. The molecular weight excluding hydrogens is 384 g/mol. The fourth-order valence-corrected chi connectivity index (χ4v) is 2.45. The third-order valence-corrected chi connectivity index (χ3v) is 3.95. The summed E-state index contributed by atoms with van der Waals surface area (Å²) in [4.78, 5) is 18.4. The van der Waals surface area contributed by atoms with Crippen LogP contribution >= 0.6 is 0 Å². The second kappa shape index (κ2) is 9.32. The minimum absolute atomic E-state index is 0.0525. The van der Waals surface area contributed by atoms with Crippen LogP contribution in [0.2, 0.25) is 0 Å². The molecule has 10 nitrogen and oxygen atoms in total. The predicted octanol–water partition coefficient (Wildman–Crippen LogP) is 2.16. The van der Waals surface area contributed by atoms with E-state index in [-0.39, 0.29) is 23.5 Å². The Bertz CT molecular complexity index is 1080. The van der Waals surface area contributed by atoms with Gasteiger partial charge in [-0.2, -0.15) is 15.0 Å². The second-order valence-electron chi connectivity index (χ2n) is 5.99. The molecule has 154 valence electrons. The average molecular weight is 406 g/mol. The molecule has 0 saturated heterocycles. The Morgan fingerprint density at radius 3 is 2.67 bits per heavy atom. The molecule has 0 unspecified atom stereocenters. The molecule has 0 saturated carbocycles. The number of nitrogens with two attached hydrogens (primary N) is 2. The lowest BCUT2D eigenvalue weighted by Crippen LogP contribution is -2.22. The van der Waals surface area contributed by atoms with Gasteiger partial charge in [0.2, 0.25) is 17.7 Å². The maximum Gasteiger partial charge on any atom is 0.263 e. The summed E-state index contributed by atoms with van der Waals surface area (Å²) in [6.07, 6.45) is 1.61. The van der Waals surface area contributed by atoms with Gasteiger partial charge in [0.05, 0.1) is 6.61 Å². The highest BCUT2D eigenvalue weighted by Gasteiger charge is 2.16. The number of benzene rings is 1. The number of anilines is 1. The van der Waals surface area contributed by atoms with Crippen molar-refractivity contribution in [2.75, 3.05) is 18.6 Å². The van der Waals surface area contributed by atoms with Gasteiger partial charge in [0.1, 0.15) is 11.4 Å². The number of hydrogen-bond donors (Lipinski definition) is 2. The molecule has 3 rings (SSSR count). The monoisotopic (exact) mass is 406 g/mol. The number of aromatic nitrogens is 3. The minimum atomic E-state index is -0.0944. The van der Waals surface area contributed by atoms with Crippen molar-refractivity contribution in [3.63, 3.8) is 0 Å². The van der Waals surface area contributed by atoms with E-state index in [1.54, 1.807) is 23.2 Å². The molecule has 0 bridgehead atoms. The molecule has 0 atom stereocenters. The van der Waals surface area contributed by atoms with E-state index in [0.29, 0.717) is 23.9 Å². The van der Waals surface area contributed by atoms with Crippen LogP contribution in [0.1, 0.15) is 12.7 Å². The molecule has 0 spiro atoms. The Morgan fingerprint density at radius 1 is 1.17 bits per heavy atom. The summed E-state index contributed by atoms with van der Waals surface area (Å²) in [6, 6.07) is 13.1. The number of pyridine rings is 1. The average Bonchev–Trinajstić information content (AvgIpc) is 3.24. The molecule has 30 heavy (non-hydrogen) atoms. The van der Waals surface area contributed by atoms with Crippen LogP contribution in [0.3, 0.4) is 0 Å². The van der Waals surface area contributed by atoms with Crippen LogP contribution in [0.25, 0.3) is 11.5 Å². The molecule has 10 heteroatoms. The van der Waals surface area contributed by atoms with Crippen molar-refractivity contribution in [2.45, 2.75) is 6.92 Å². The highest BCUT2D eigenvalue weighted by molar-refractivity contribution is 6.02. The zero-order valence-corrected chi connectivity index (χ0v) is 16.7. The molecule has 0 aliphatic carbocycles. The number of para-hydroxylation sites is 1. The maximum absolute atomic E-state index is 5.96. The molecule has 0 amide bonds. The fraction of sp³-hybridized carbons (Fsp3) is 0.150. The SMILES string of the molecule is C=C(/N=C(N)\N=C(/N)c1noc(-c2cccnc2OCC)n1)N(C)c1ccccc1. The smallest absolute Gasteiger partial charge is 0.263 e. The van der Waals surface area contributed by atoms with Crippen molar-refractivity contribution in [1.29, 1.82) is 0 Å². The number of nitrogens with zero attached hydrogens (tertiary/aromatic N) is 6. The highest BCUT2D eigenvalue weighted by atomic mass is 16.5. The summed E-state index contributed by atoms with van der Waals surface area (Å²) < 4.78 is 10.7. The number of hydrogen-bond acceptors (Lipinski definition) is 7. The molecule has 3 aromatic rings. The number of rotatable bonds is 7. The fourth-order valence-electron chi connectivity index (χ4n) is 2.45. The topological polar surface area (TPSA) is 141 Å². The van der Waals surface area contributed by atoms with Gasteiger partial charge >= 0.3 is 0 Å². The summed E-state index contributed by atoms with van der Waals surface area (Å²) in [5.74, 6) is 0.888. The molecular formula is C20H22N8O2. The summed E-state index contributed by atoms with van der Waals surface area (Å²) in [6.45, 7) is 6.20. The van der Waals surface area contributed by atoms with E-state index in [9.17, 15) is 0 Å². The van der Waals surface area contributed by atoms with E-state index in [1.165, 1.54) is 0 Å². The molecule has 2 heterocycles. The van der Waals surface area contributed by atoms with Gasteiger partial charge < -0.3 is 25.6 Å². The molecule has 0 aliphatic heterocycles. The van der Waals surface area contributed by atoms with Gasteiger partial charge in [0.15, 0.2) is 5.84 Å². The summed E-state index contributed by atoms with van der Waals surface area (Å²) >= 11 is 0. The summed E-state index contributed by atoms with van der Waals surface area (Å²) in [5, 5.41) is 3.84. The Morgan fingerprint density at radius 2 is 1.93 bits per heavy atom. The number of amidine groups is 1. The van der Waals surface area contributed by atoms with Gasteiger partial charge in [-0.15, -0.1) is 0 Å². The molecule has 2 aromatic heterocycles. The summed E-state index contributed by atoms with van der Waals surface area (Å²) in [7, 11) is 1.82. The Balaban J connectivity index is 1.77. The normalized spacial score (nSPS) is 11.9. The van der Waals surface area contributed by atoms with Crippen LogP contribution in [0.15, 0.2) is 75.6 Å². The Labute approximate surface area is 173 Å². The lowest BCUT2D eigenvalue weighted by Gasteiger charge is -2.18. The van der Waals surface area contributed by atoms with Crippen LogP contribution in [-0.4, -0.2) is 40.6 Å². The molecule has 4 N–H and O–H groups in total. The minimum Gasteiger partial charge on any atom is -0.477 e. The lowest BCUT2D eigenvalue weighted by molar-refractivity contribution is 0.326. The van der Waals surface area contributed by atoms with Crippen molar-refractivity contribution in [1.82, 2.24) is 15.1 Å². The quantitative estimate of drug-likeness (QED) is 0.449. The van der Waals surface area contributed by atoms with Gasteiger partial charge in [-0.25, -0.2) is 4.98 Å². The Hall–Kier alpha value is -4.21. The van der Waals surface area contributed by atoms with Gasteiger partial charge in [0.25, 0.3) is 5.89 Å². The zero-order chi connectivity index (χ0) is 21.5. The molecule has 0 fully saturated rings. The lowest BCUT2D eigenvalue weighted by atomic mass is 10.2. The first-order valence-electron chi connectivity index (χ1n) is 9.08. The number of guanidine groups is 1. The van der Waals surface area contributed by atoms with Gasteiger partial charge in [0, 0.05) is 18.9 Å². The van der Waals surface area contributed by atoms with Gasteiger partial charge in [-0.05, 0) is 31.2 Å². The first kappa shape index (κ1) is 20.5. The van der Waals surface area contributed by atoms with Crippen LogP contribution in [0.5, 0.6) is 5.88 Å². The standard InChI is InChI=1S/C20H22N8O2/c1-4-29-18-15(11-8-12-23-18)19-26-17(27-30-19)16(21)25-20(22)24-13(2)28(3)14-9-6-5-7-10-14/h5-12H,2,4H2,1,3H3,(H4,21,22,24,25). The van der Waals surface area contributed by atoms with Crippen molar-refractivity contribution >= 4 is 17.5 Å². The maximum atomic E-state index is 5.96.